The lowest BCUT2D eigenvalue weighted by Crippen LogP contribution is -2.35. The van der Waals surface area contributed by atoms with Crippen molar-refractivity contribution in [2.75, 3.05) is 19.8 Å². The van der Waals surface area contributed by atoms with Gasteiger partial charge in [-0.3, -0.25) is 0 Å². The van der Waals surface area contributed by atoms with Gasteiger partial charge in [0.1, 0.15) is 0 Å². The number of hydrogen-bond acceptors (Lipinski definition) is 3. The van der Waals surface area contributed by atoms with Crippen LogP contribution in [0.25, 0.3) is 0 Å². The molecular weight excluding hydrogens is 214 g/mol. The summed E-state index contributed by atoms with van der Waals surface area (Å²) in [4.78, 5) is 0. The summed E-state index contributed by atoms with van der Waals surface area (Å²) in [6.07, 6.45) is -0.229. The quantitative estimate of drug-likeness (QED) is 0.705. The summed E-state index contributed by atoms with van der Waals surface area (Å²) in [6, 6.07) is 10.4. The summed E-state index contributed by atoms with van der Waals surface area (Å²) in [6.45, 7) is 8.25. The molecule has 1 N–H and O–H groups in total. The van der Waals surface area contributed by atoms with E-state index in [4.69, 9.17) is 9.47 Å². The molecular formula is C14H23NO2. The zero-order valence-electron chi connectivity index (χ0n) is 11.0. The van der Waals surface area contributed by atoms with Crippen LogP contribution in [0.3, 0.4) is 0 Å². The van der Waals surface area contributed by atoms with Gasteiger partial charge in [-0.15, -0.1) is 0 Å². The monoisotopic (exact) mass is 237 g/mol. The van der Waals surface area contributed by atoms with Crippen LogP contribution in [0, 0.1) is 0 Å². The van der Waals surface area contributed by atoms with Crippen LogP contribution in [-0.2, 0) is 9.47 Å². The van der Waals surface area contributed by atoms with Gasteiger partial charge < -0.3 is 14.8 Å². The van der Waals surface area contributed by atoms with Crippen molar-refractivity contribution in [1.29, 1.82) is 0 Å². The lowest BCUT2D eigenvalue weighted by Gasteiger charge is -2.27. The first-order chi connectivity index (χ1) is 8.33. The van der Waals surface area contributed by atoms with Crippen LogP contribution >= 0.6 is 0 Å². The highest BCUT2D eigenvalue weighted by atomic mass is 16.7. The Morgan fingerprint density at radius 2 is 1.59 bits per heavy atom. The first-order valence-electron chi connectivity index (χ1n) is 6.34. The second-order valence-corrected chi connectivity index (χ2v) is 3.73. The van der Waals surface area contributed by atoms with Crippen LogP contribution in [0.2, 0.25) is 0 Å². The van der Waals surface area contributed by atoms with E-state index in [0.29, 0.717) is 13.2 Å². The molecule has 0 bridgehead atoms. The predicted octanol–water partition coefficient (Wildman–Crippen LogP) is 2.74. The van der Waals surface area contributed by atoms with Crippen molar-refractivity contribution in [3.05, 3.63) is 35.9 Å². The van der Waals surface area contributed by atoms with Gasteiger partial charge in [0, 0.05) is 13.2 Å². The van der Waals surface area contributed by atoms with Crippen molar-refractivity contribution >= 4 is 0 Å². The van der Waals surface area contributed by atoms with Crippen LogP contribution in [0.1, 0.15) is 32.4 Å². The van der Waals surface area contributed by atoms with Crippen molar-refractivity contribution in [3.8, 4) is 0 Å². The van der Waals surface area contributed by atoms with E-state index in [2.05, 4.69) is 24.4 Å². The average Bonchev–Trinajstić information content (AvgIpc) is 2.37. The SMILES string of the molecule is CCNC(c1ccccc1)C(OCC)OCC. The molecule has 1 aromatic carbocycles. The summed E-state index contributed by atoms with van der Waals surface area (Å²) in [5.74, 6) is 0. The Kier molecular flexibility index (Phi) is 6.86. The molecule has 96 valence electrons. The van der Waals surface area contributed by atoms with E-state index in [0.717, 1.165) is 6.54 Å². The van der Waals surface area contributed by atoms with E-state index in [9.17, 15) is 0 Å². The summed E-state index contributed by atoms with van der Waals surface area (Å²) in [5.41, 5.74) is 1.20. The molecule has 0 radical (unpaired) electrons. The van der Waals surface area contributed by atoms with Gasteiger partial charge in [-0.25, -0.2) is 0 Å². The van der Waals surface area contributed by atoms with Crippen LogP contribution in [0.4, 0.5) is 0 Å². The van der Waals surface area contributed by atoms with Gasteiger partial charge in [0.25, 0.3) is 0 Å². The van der Waals surface area contributed by atoms with Crippen LogP contribution < -0.4 is 5.32 Å². The Labute approximate surface area is 104 Å². The molecule has 0 aliphatic carbocycles. The molecule has 0 saturated heterocycles. The van der Waals surface area contributed by atoms with Crippen molar-refractivity contribution in [2.45, 2.75) is 33.1 Å². The minimum absolute atomic E-state index is 0.0844. The smallest absolute Gasteiger partial charge is 0.176 e. The van der Waals surface area contributed by atoms with E-state index in [1.165, 1.54) is 5.56 Å². The second-order valence-electron chi connectivity index (χ2n) is 3.73. The molecule has 17 heavy (non-hydrogen) atoms. The zero-order valence-corrected chi connectivity index (χ0v) is 11.0. The van der Waals surface area contributed by atoms with Crippen LogP contribution in [0.5, 0.6) is 0 Å². The Morgan fingerprint density at radius 3 is 2.06 bits per heavy atom. The first kappa shape index (κ1) is 14.2. The maximum Gasteiger partial charge on any atom is 0.176 e. The summed E-state index contributed by atoms with van der Waals surface area (Å²) in [7, 11) is 0. The number of likely N-dealkylation sites (N-methyl/N-ethyl adjacent to an activating group) is 1. The van der Waals surface area contributed by atoms with Crippen molar-refractivity contribution in [2.24, 2.45) is 0 Å². The van der Waals surface area contributed by atoms with Crippen LogP contribution in [-0.4, -0.2) is 26.0 Å². The summed E-state index contributed by atoms with van der Waals surface area (Å²) >= 11 is 0. The normalized spacial score (nSPS) is 12.9. The molecule has 0 saturated carbocycles. The number of hydrogen-bond donors (Lipinski definition) is 1. The van der Waals surface area contributed by atoms with Crippen molar-refractivity contribution in [3.63, 3.8) is 0 Å². The Morgan fingerprint density at radius 1 is 1.00 bits per heavy atom. The predicted molar refractivity (Wildman–Crippen MR) is 69.9 cm³/mol. The molecule has 1 atom stereocenters. The van der Waals surface area contributed by atoms with Crippen molar-refractivity contribution < 1.29 is 9.47 Å². The Hall–Kier alpha value is -0.900. The van der Waals surface area contributed by atoms with Gasteiger partial charge in [-0.1, -0.05) is 37.3 Å². The van der Waals surface area contributed by atoms with Crippen LogP contribution in [0.15, 0.2) is 30.3 Å². The third kappa shape index (κ3) is 4.46. The number of benzene rings is 1. The summed E-state index contributed by atoms with van der Waals surface area (Å²) in [5, 5.41) is 3.42. The Balaban J connectivity index is 2.81. The largest absolute Gasteiger partial charge is 0.351 e. The molecule has 0 aromatic heterocycles. The molecule has 0 spiro atoms. The van der Waals surface area contributed by atoms with Gasteiger partial charge in [0.15, 0.2) is 6.29 Å². The van der Waals surface area contributed by atoms with E-state index in [1.54, 1.807) is 0 Å². The third-order valence-electron chi connectivity index (χ3n) is 2.52. The minimum atomic E-state index is -0.229. The summed E-state index contributed by atoms with van der Waals surface area (Å²) < 4.78 is 11.3. The number of nitrogens with one attached hydrogen (secondary N) is 1. The molecule has 1 aromatic rings. The number of rotatable bonds is 8. The van der Waals surface area contributed by atoms with E-state index in [1.807, 2.05) is 32.0 Å². The molecule has 0 heterocycles. The standard InChI is InChI=1S/C14H23NO2/c1-4-15-13(12-10-8-7-9-11-12)14(16-5-2)17-6-3/h7-11,13-15H,4-6H2,1-3H3. The molecule has 0 fully saturated rings. The number of ether oxygens (including phenoxy) is 2. The average molecular weight is 237 g/mol. The highest BCUT2D eigenvalue weighted by Crippen LogP contribution is 2.20. The van der Waals surface area contributed by atoms with Crippen molar-refractivity contribution in [1.82, 2.24) is 5.32 Å². The fraction of sp³-hybridized carbons (Fsp3) is 0.571. The lowest BCUT2D eigenvalue weighted by atomic mass is 10.1. The molecule has 3 nitrogen and oxygen atoms in total. The van der Waals surface area contributed by atoms with E-state index in [-0.39, 0.29) is 12.3 Å². The molecule has 0 aliphatic rings. The minimum Gasteiger partial charge on any atom is -0.351 e. The molecule has 1 unspecified atom stereocenters. The molecule has 1 rings (SSSR count). The molecule has 0 aliphatic heterocycles. The van der Waals surface area contributed by atoms with Gasteiger partial charge in [0.05, 0.1) is 6.04 Å². The zero-order chi connectivity index (χ0) is 12.5. The first-order valence-corrected chi connectivity index (χ1v) is 6.34. The third-order valence-corrected chi connectivity index (χ3v) is 2.52. The molecule has 0 amide bonds. The Bertz CT molecular complexity index is 284. The van der Waals surface area contributed by atoms with Gasteiger partial charge >= 0.3 is 0 Å². The fourth-order valence-electron chi connectivity index (χ4n) is 1.82. The molecule has 3 heteroatoms. The highest BCUT2D eigenvalue weighted by molar-refractivity contribution is 5.19. The van der Waals surface area contributed by atoms with E-state index < -0.39 is 0 Å². The highest BCUT2D eigenvalue weighted by Gasteiger charge is 2.22. The maximum absolute atomic E-state index is 5.67. The maximum atomic E-state index is 5.67. The lowest BCUT2D eigenvalue weighted by molar-refractivity contribution is -0.155. The second kappa shape index (κ2) is 8.23. The topological polar surface area (TPSA) is 30.5 Å². The van der Waals surface area contributed by atoms with Gasteiger partial charge in [0.2, 0.25) is 0 Å². The van der Waals surface area contributed by atoms with Gasteiger partial charge in [-0.05, 0) is 26.0 Å². The fourth-order valence-corrected chi connectivity index (χ4v) is 1.82. The van der Waals surface area contributed by atoms with Gasteiger partial charge in [-0.2, -0.15) is 0 Å². The van der Waals surface area contributed by atoms with E-state index >= 15 is 0 Å².